The molecule has 1 aromatic rings. The Bertz CT molecular complexity index is 629. The predicted octanol–water partition coefficient (Wildman–Crippen LogP) is 2.43. The van der Waals surface area contributed by atoms with Crippen molar-refractivity contribution in [2.45, 2.75) is 43.8 Å². The summed E-state index contributed by atoms with van der Waals surface area (Å²) in [5, 5.41) is 12.0. The van der Waals surface area contributed by atoms with Crippen molar-refractivity contribution in [1.82, 2.24) is 4.90 Å². The second kappa shape index (κ2) is 7.96. The van der Waals surface area contributed by atoms with Gasteiger partial charge in [-0.15, -0.1) is 0 Å². The summed E-state index contributed by atoms with van der Waals surface area (Å²) in [6, 6.07) is 4.94. The van der Waals surface area contributed by atoms with E-state index < -0.39 is 29.5 Å². The summed E-state index contributed by atoms with van der Waals surface area (Å²) in [6.07, 6.45) is -1.43. The second-order valence-electron chi connectivity index (χ2n) is 7.05. The summed E-state index contributed by atoms with van der Waals surface area (Å²) >= 11 is 0. The molecule has 1 aliphatic heterocycles. The largest absolute Gasteiger partial charge is 0.549 e. The van der Waals surface area contributed by atoms with Gasteiger partial charge in [-0.25, -0.2) is 0 Å². The van der Waals surface area contributed by atoms with Gasteiger partial charge in [0.25, 0.3) is 0 Å². The third-order valence-corrected chi connectivity index (χ3v) is 5.58. The lowest BCUT2D eigenvalue weighted by atomic mass is 9.72. The summed E-state index contributed by atoms with van der Waals surface area (Å²) in [6.45, 7) is 2.50. The highest BCUT2D eigenvalue weighted by Crippen LogP contribution is 2.43. The number of alkyl halides is 3. The van der Waals surface area contributed by atoms with Crippen molar-refractivity contribution in [3.8, 4) is 0 Å². The fourth-order valence-corrected chi connectivity index (χ4v) is 4.45. The molecule has 1 saturated heterocycles. The van der Waals surface area contributed by atoms with E-state index in [-0.39, 0.29) is 11.6 Å². The van der Waals surface area contributed by atoms with Gasteiger partial charge in [0.05, 0.1) is 18.8 Å². The fourth-order valence-electron chi connectivity index (χ4n) is 4.45. The van der Waals surface area contributed by atoms with Crippen LogP contribution in [0.2, 0.25) is 0 Å². The normalized spacial score (nSPS) is 26.4. The van der Waals surface area contributed by atoms with E-state index in [4.69, 9.17) is 4.74 Å². The van der Waals surface area contributed by atoms with Crippen molar-refractivity contribution in [1.29, 1.82) is 0 Å². The van der Waals surface area contributed by atoms with Crippen molar-refractivity contribution in [3.63, 3.8) is 0 Å². The number of benzene rings is 1. The molecular weight excluding hydrogens is 347 g/mol. The molecule has 2 aliphatic rings. The smallest absolute Gasteiger partial charge is 0.416 e. The number of aliphatic carboxylic acids is 1. The first-order valence-corrected chi connectivity index (χ1v) is 9.08. The predicted molar refractivity (Wildman–Crippen MR) is 87.3 cm³/mol. The molecule has 0 N–H and O–H groups in total. The minimum atomic E-state index is -4.59. The molecule has 2 fully saturated rings. The minimum Gasteiger partial charge on any atom is -0.549 e. The van der Waals surface area contributed by atoms with Crippen LogP contribution in [0.3, 0.4) is 0 Å². The Labute approximate surface area is 150 Å². The number of hydrogen-bond donors (Lipinski definition) is 0. The van der Waals surface area contributed by atoms with Crippen molar-refractivity contribution >= 4 is 5.97 Å². The quantitative estimate of drug-likeness (QED) is 0.817. The molecule has 1 saturated carbocycles. The molecule has 1 aliphatic carbocycles. The Morgan fingerprint density at radius 3 is 2.46 bits per heavy atom. The van der Waals surface area contributed by atoms with Crippen LogP contribution >= 0.6 is 0 Å². The molecule has 1 aromatic carbocycles. The first kappa shape index (κ1) is 19.2. The average molecular weight is 370 g/mol. The third kappa shape index (κ3) is 4.04. The molecule has 0 amide bonds. The first-order valence-electron chi connectivity index (χ1n) is 9.08. The highest BCUT2D eigenvalue weighted by molar-refractivity contribution is 5.75. The molecule has 7 heteroatoms. The summed E-state index contributed by atoms with van der Waals surface area (Å²) < 4.78 is 45.7. The van der Waals surface area contributed by atoms with Crippen molar-refractivity contribution < 1.29 is 27.8 Å². The molecule has 0 aromatic heterocycles. The van der Waals surface area contributed by atoms with Crippen LogP contribution in [0.1, 0.15) is 42.7 Å². The SMILES string of the molecule is O=C([O-])[C@H](c1ccccc1C(F)(F)F)[C@H]1CCCCC1N1CCOCC1. The lowest BCUT2D eigenvalue weighted by Crippen LogP contribution is -2.51. The number of carbonyl (C=O) groups excluding carboxylic acids is 1. The van der Waals surface area contributed by atoms with E-state index in [0.717, 1.165) is 25.3 Å². The average Bonchev–Trinajstić information content (AvgIpc) is 2.62. The number of carbonyl (C=O) groups is 1. The summed E-state index contributed by atoms with van der Waals surface area (Å²) in [7, 11) is 0. The van der Waals surface area contributed by atoms with Crippen LogP contribution in [0.25, 0.3) is 0 Å². The maximum absolute atomic E-state index is 13.5. The molecule has 1 heterocycles. The first-order chi connectivity index (χ1) is 12.4. The van der Waals surface area contributed by atoms with Gasteiger partial charge in [0.1, 0.15) is 0 Å². The number of ether oxygens (including phenoxy) is 1. The number of morpholine rings is 1. The number of carboxylic acids is 1. The van der Waals surface area contributed by atoms with E-state index >= 15 is 0 Å². The van der Waals surface area contributed by atoms with E-state index in [1.165, 1.54) is 18.2 Å². The van der Waals surface area contributed by atoms with Crippen LogP contribution in [-0.2, 0) is 15.7 Å². The Hall–Kier alpha value is -1.60. The molecule has 0 spiro atoms. The van der Waals surface area contributed by atoms with E-state index in [1.807, 2.05) is 0 Å². The maximum atomic E-state index is 13.5. The lowest BCUT2D eigenvalue weighted by Gasteiger charge is -2.45. The zero-order valence-electron chi connectivity index (χ0n) is 14.5. The Balaban J connectivity index is 1.97. The molecular formula is C19H23F3NO3-. The van der Waals surface area contributed by atoms with E-state index in [0.29, 0.717) is 32.7 Å². The van der Waals surface area contributed by atoms with Gasteiger partial charge in [-0.05, 0) is 30.4 Å². The molecule has 26 heavy (non-hydrogen) atoms. The maximum Gasteiger partial charge on any atom is 0.416 e. The van der Waals surface area contributed by atoms with Gasteiger partial charge in [0, 0.05) is 31.0 Å². The summed E-state index contributed by atoms with van der Waals surface area (Å²) in [5.74, 6) is -3.08. The zero-order chi connectivity index (χ0) is 18.7. The van der Waals surface area contributed by atoms with E-state index in [9.17, 15) is 23.1 Å². The van der Waals surface area contributed by atoms with Crippen LogP contribution in [-0.4, -0.2) is 43.2 Å². The van der Waals surface area contributed by atoms with Crippen LogP contribution in [0, 0.1) is 5.92 Å². The van der Waals surface area contributed by atoms with Gasteiger partial charge in [-0.1, -0.05) is 31.0 Å². The molecule has 144 valence electrons. The number of carboxylic acid groups (broad SMARTS) is 1. The highest BCUT2D eigenvalue weighted by Gasteiger charge is 2.41. The number of halogens is 3. The second-order valence-corrected chi connectivity index (χ2v) is 7.05. The van der Waals surface area contributed by atoms with Gasteiger partial charge >= 0.3 is 6.18 Å². The molecule has 3 rings (SSSR count). The van der Waals surface area contributed by atoms with Crippen molar-refractivity contribution in [3.05, 3.63) is 35.4 Å². The van der Waals surface area contributed by atoms with Crippen LogP contribution in [0.4, 0.5) is 13.2 Å². The van der Waals surface area contributed by atoms with Crippen LogP contribution < -0.4 is 5.11 Å². The Kier molecular flexibility index (Phi) is 5.87. The molecule has 0 radical (unpaired) electrons. The number of hydrogen-bond acceptors (Lipinski definition) is 4. The van der Waals surface area contributed by atoms with Gasteiger partial charge in [-0.2, -0.15) is 13.2 Å². The van der Waals surface area contributed by atoms with E-state index in [1.54, 1.807) is 0 Å². The number of nitrogens with zero attached hydrogens (tertiary/aromatic N) is 1. The zero-order valence-corrected chi connectivity index (χ0v) is 14.5. The topological polar surface area (TPSA) is 52.6 Å². The fraction of sp³-hybridized carbons (Fsp3) is 0.632. The van der Waals surface area contributed by atoms with Gasteiger partial charge < -0.3 is 14.6 Å². The Morgan fingerprint density at radius 2 is 1.81 bits per heavy atom. The lowest BCUT2D eigenvalue weighted by molar-refractivity contribution is -0.310. The summed E-state index contributed by atoms with van der Waals surface area (Å²) in [4.78, 5) is 14.2. The minimum absolute atomic E-state index is 0.0585. The van der Waals surface area contributed by atoms with Crippen molar-refractivity contribution in [2.75, 3.05) is 26.3 Å². The highest BCUT2D eigenvalue weighted by atomic mass is 19.4. The van der Waals surface area contributed by atoms with E-state index in [2.05, 4.69) is 4.90 Å². The van der Waals surface area contributed by atoms with Gasteiger partial charge in [-0.3, -0.25) is 4.90 Å². The third-order valence-electron chi connectivity index (χ3n) is 5.58. The molecule has 1 unspecified atom stereocenters. The Morgan fingerprint density at radius 1 is 1.15 bits per heavy atom. The molecule has 3 atom stereocenters. The monoisotopic (exact) mass is 370 g/mol. The number of rotatable bonds is 4. The molecule has 0 bridgehead atoms. The van der Waals surface area contributed by atoms with Crippen LogP contribution in [0.15, 0.2) is 24.3 Å². The van der Waals surface area contributed by atoms with Gasteiger partial charge in [0.15, 0.2) is 0 Å². The standard InChI is InChI=1S/C19H24F3NO3/c20-19(21,22)15-7-3-1-5-13(15)17(18(24)25)14-6-2-4-8-16(14)23-9-11-26-12-10-23/h1,3,5,7,14,16-17H,2,4,6,8-12H2,(H,24,25)/p-1/t14-,16?,17+/m0/s1. The van der Waals surface area contributed by atoms with Crippen molar-refractivity contribution in [2.24, 2.45) is 5.92 Å². The van der Waals surface area contributed by atoms with Crippen LogP contribution in [0.5, 0.6) is 0 Å². The molecule has 4 nitrogen and oxygen atoms in total. The van der Waals surface area contributed by atoms with Gasteiger partial charge in [0.2, 0.25) is 0 Å². The summed E-state index contributed by atoms with van der Waals surface area (Å²) in [5.41, 5.74) is -1.05.